The number of ketones is 1. The van der Waals surface area contributed by atoms with E-state index in [4.69, 9.17) is 46.4 Å². The van der Waals surface area contributed by atoms with Crippen LogP contribution in [0.5, 0.6) is 0 Å². The van der Waals surface area contributed by atoms with Gasteiger partial charge in [0.25, 0.3) is 0 Å². The Morgan fingerprint density at radius 2 is 1.48 bits per heavy atom. The van der Waals surface area contributed by atoms with E-state index in [9.17, 15) is 4.79 Å². The zero-order chi connectivity index (χ0) is 15.1. The first-order chi connectivity index (χ1) is 9.94. The van der Waals surface area contributed by atoms with Gasteiger partial charge < -0.3 is 0 Å². The van der Waals surface area contributed by atoms with Crippen LogP contribution in [0.15, 0.2) is 35.9 Å². The monoisotopic (exact) mass is 356 g/mol. The second-order valence-corrected chi connectivity index (χ2v) is 6.52. The molecule has 2 aromatic rings. The van der Waals surface area contributed by atoms with E-state index < -0.39 is 0 Å². The summed E-state index contributed by atoms with van der Waals surface area (Å²) in [5, 5.41) is 1.96. The minimum absolute atomic E-state index is 0.0808. The highest BCUT2D eigenvalue weighted by Gasteiger charge is 2.27. The fourth-order valence-corrected chi connectivity index (χ4v) is 3.61. The second-order valence-electron chi connectivity index (χ2n) is 4.80. The van der Waals surface area contributed by atoms with Gasteiger partial charge >= 0.3 is 0 Å². The molecule has 0 fully saturated rings. The molecule has 0 aliphatic heterocycles. The number of benzene rings is 2. The van der Waals surface area contributed by atoms with Gasteiger partial charge in [-0.05, 0) is 47.5 Å². The van der Waals surface area contributed by atoms with Crippen molar-refractivity contribution >= 4 is 58.3 Å². The highest BCUT2D eigenvalue weighted by atomic mass is 35.5. The Hall–Kier alpha value is -0.990. The van der Waals surface area contributed by atoms with Gasteiger partial charge in [0, 0.05) is 32.6 Å². The average molecular weight is 358 g/mol. The van der Waals surface area contributed by atoms with Crippen molar-refractivity contribution in [3.63, 3.8) is 0 Å². The predicted molar refractivity (Wildman–Crippen MR) is 88.9 cm³/mol. The van der Waals surface area contributed by atoms with E-state index in [1.165, 1.54) is 0 Å². The number of halogens is 4. The Morgan fingerprint density at radius 1 is 0.857 bits per heavy atom. The van der Waals surface area contributed by atoms with Crippen LogP contribution in [0.2, 0.25) is 20.1 Å². The molecule has 0 aromatic heterocycles. The first-order valence-electron chi connectivity index (χ1n) is 6.13. The maximum absolute atomic E-state index is 12.4. The Bertz CT molecular complexity index is 773. The molecule has 0 unspecified atom stereocenters. The second kappa shape index (κ2) is 5.66. The largest absolute Gasteiger partial charge is 0.289 e. The van der Waals surface area contributed by atoms with E-state index in [1.807, 2.05) is 0 Å². The molecule has 0 N–H and O–H groups in total. The van der Waals surface area contributed by atoms with Crippen molar-refractivity contribution in [3.8, 4) is 0 Å². The van der Waals surface area contributed by atoms with Crippen LogP contribution in [0.4, 0.5) is 0 Å². The summed E-state index contributed by atoms with van der Waals surface area (Å²) in [5.74, 6) is -0.0808. The molecule has 106 valence electrons. The minimum atomic E-state index is -0.0808. The SMILES string of the molecule is O=C1/C(=C/c2cc(Cl)cc(Cl)c2)Cc2cc(Cl)cc(Cl)c21. The molecule has 0 radical (unpaired) electrons. The molecule has 0 amide bonds. The number of rotatable bonds is 1. The van der Waals surface area contributed by atoms with Crippen LogP contribution in [0.25, 0.3) is 6.08 Å². The summed E-state index contributed by atoms with van der Waals surface area (Å²) in [7, 11) is 0. The number of Topliss-reactive ketones (excluding diaryl/α,β-unsaturated/α-hetero) is 1. The quantitative estimate of drug-likeness (QED) is 0.561. The van der Waals surface area contributed by atoms with Gasteiger partial charge in [0.2, 0.25) is 0 Å². The number of carbonyl (C=O) groups excluding carboxylic acids is 1. The van der Waals surface area contributed by atoms with Gasteiger partial charge in [-0.3, -0.25) is 4.79 Å². The van der Waals surface area contributed by atoms with Crippen LogP contribution in [-0.4, -0.2) is 5.78 Å². The fraction of sp³-hybridized carbons (Fsp3) is 0.0625. The van der Waals surface area contributed by atoms with Gasteiger partial charge in [0.05, 0.1) is 5.02 Å². The van der Waals surface area contributed by atoms with Crippen molar-refractivity contribution in [3.05, 3.63) is 72.7 Å². The van der Waals surface area contributed by atoms with Crippen LogP contribution in [-0.2, 0) is 6.42 Å². The Balaban J connectivity index is 2.05. The van der Waals surface area contributed by atoms with Gasteiger partial charge in [0.1, 0.15) is 0 Å². The summed E-state index contributed by atoms with van der Waals surface area (Å²) in [6.45, 7) is 0. The zero-order valence-corrected chi connectivity index (χ0v) is 13.6. The number of allylic oxidation sites excluding steroid dienone is 1. The lowest BCUT2D eigenvalue weighted by Gasteiger charge is -2.00. The van der Waals surface area contributed by atoms with Crippen LogP contribution in [0, 0.1) is 0 Å². The molecule has 0 heterocycles. The topological polar surface area (TPSA) is 17.1 Å². The van der Waals surface area contributed by atoms with E-state index in [1.54, 1.807) is 36.4 Å². The maximum Gasteiger partial charge on any atom is 0.191 e. The first-order valence-corrected chi connectivity index (χ1v) is 7.64. The van der Waals surface area contributed by atoms with Crippen LogP contribution >= 0.6 is 46.4 Å². The lowest BCUT2D eigenvalue weighted by molar-refractivity contribution is 0.104. The van der Waals surface area contributed by atoms with Crippen molar-refractivity contribution in [2.45, 2.75) is 6.42 Å². The molecular weight excluding hydrogens is 350 g/mol. The van der Waals surface area contributed by atoms with E-state index in [0.29, 0.717) is 37.6 Å². The third-order valence-electron chi connectivity index (χ3n) is 3.26. The van der Waals surface area contributed by atoms with E-state index in [-0.39, 0.29) is 5.78 Å². The summed E-state index contributed by atoms with van der Waals surface area (Å²) in [6.07, 6.45) is 2.28. The molecule has 0 saturated heterocycles. The van der Waals surface area contributed by atoms with Crippen molar-refractivity contribution < 1.29 is 4.79 Å². The van der Waals surface area contributed by atoms with Crippen LogP contribution in [0.3, 0.4) is 0 Å². The molecule has 0 bridgehead atoms. The van der Waals surface area contributed by atoms with Crippen molar-refractivity contribution in [2.24, 2.45) is 0 Å². The van der Waals surface area contributed by atoms with Gasteiger partial charge in [-0.1, -0.05) is 46.4 Å². The average Bonchev–Trinajstić information content (AvgIpc) is 2.64. The molecule has 21 heavy (non-hydrogen) atoms. The number of carbonyl (C=O) groups is 1. The smallest absolute Gasteiger partial charge is 0.191 e. The van der Waals surface area contributed by atoms with E-state index in [2.05, 4.69) is 0 Å². The van der Waals surface area contributed by atoms with Crippen molar-refractivity contribution in [1.29, 1.82) is 0 Å². The molecule has 2 aromatic carbocycles. The normalized spacial score (nSPS) is 15.6. The molecule has 1 aliphatic rings. The number of hydrogen-bond acceptors (Lipinski definition) is 1. The highest BCUT2D eigenvalue weighted by molar-refractivity contribution is 6.38. The van der Waals surface area contributed by atoms with E-state index >= 15 is 0 Å². The summed E-state index contributed by atoms with van der Waals surface area (Å²) in [5.41, 5.74) is 2.80. The Kier molecular flexibility index (Phi) is 4.02. The standard InChI is InChI=1S/C16H8Cl4O/c17-11-2-8(3-12(18)6-11)1-10-4-9-5-13(19)7-14(20)15(9)16(10)21/h1-3,5-7H,4H2/b10-1+. The Labute approximate surface area is 142 Å². The molecule has 0 atom stereocenters. The molecule has 3 rings (SSSR count). The third-order valence-corrected chi connectivity index (χ3v) is 4.21. The first kappa shape index (κ1) is 14.9. The van der Waals surface area contributed by atoms with Gasteiger partial charge in [-0.2, -0.15) is 0 Å². The molecule has 0 saturated carbocycles. The lowest BCUT2D eigenvalue weighted by atomic mass is 10.1. The van der Waals surface area contributed by atoms with Gasteiger partial charge in [0.15, 0.2) is 5.78 Å². The van der Waals surface area contributed by atoms with Gasteiger partial charge in [-0.15, -0.1) is 0 Å². The maximum atomic E-state index is 12.4. The predicted octanol–water partition coefficient (Wildman–Crippen LogP) is 6.12. The summed E-state index contributed by atoms with van der Waals surface area (Å²) in [4.78, 5) is 12.4. The Morgan fingerprint density at radius 3 is 2.14 bits per heavy atom. The van der Waals surface area contributed by atoms with E-state index in [0.717, 1.165) is 11.1 Å². The summed E-state index contributed by atoms with van der Waals surface area (Å²) >= 11 is 24.0. The number of hydrogen-bond donors (Lipinski definition) is 0. The molecule has 5 heteroatoms. The van der Waals surface area contributed by atoms with Crippen molar-refractivity contribution in [1.82, 2.24) is 0 Å². The summed E-state index contributed by atoms with van der Waals surface area (Å²) < 4.78 is 0. The summed E-state index contributed by atoms with van der Waals surface area (Å²) in [6, 6.07) is 8.51. The molecular formula is C16H8Cl4O. The van der Waals surface area contributed by atoms with Crippen LogP contribution < -0.4 is 0 Å². The number of fused-ring (bicyclic) bond motifs is 1. The van der Waals surface area contributed by atoms with Gasteiger partial charge in [-0.25, -0.2) is 0 Å². The highest BCUT2D eigenvalue weighted by Crippen LogP contribution is 2.35. The fourth-order valence-electron chi connectivity index (χ4n) is 2.44. The van der Waals surface area contributed by atoms with Crippen molar-refractivity contribution in [2.75, 3.05) is 0 Å². The minimum Gasteiger partial charge on any atom is -0.289 e. The zero-order valence-electron chi connectivity index (χ0n) is 10.6. The molecule has 1 nitrogen and oxygen atoms in total. The van der Waals surface area contributed by atoms with Crippen LogP contribution in [0.1, 0.15) is 21.5 Å². The third kappa shape index (κ3) is 2.97. The molecule has 0 spiro atoms. The lowest BCUT2D eigenvalue weighted by Crippen LogP contribution is -1.96. The molecule has 1 aliphatic carbocycles.